The van der Waals surface area contributed by atoms with Gasteiger partial charge in [0.2, 0.25) is 0 Å². The molecule has 0 radical (unpaired) electrons. The van der Waals surface area contributed by atoms with E-state index < -0.39 is 5.91 Å². The molecule has 0 spiro atoms. The van der Waals surface area contributed by atoms with E-state index in [0.29, 0.717) is 31.7 Å². The minimum absolute atomic E-state index is 0.321. The van der Waals surface area contributed by atoms with Crippen molar-refractivity contribution in [2.75, 3.05) is 5.73 Å². The number of carbonyl (C=O) groups excluding carboxylic acids is 1. The summed E-state index contributed by atoms with van der Waals surface area (Å²) in [5.41, 5.74) is 12.9. The van der Waals surface area contributed by atoms with E-state index in [1.54, 1.807) is 18.2 Å². The van der Waals surface area contributed by atoms with Gasteiger partial charge < -0.3 is 11.5 Å². The molecule has 0 aliphatic rings. The van der Waals surface area contributed by atoms with Crippen LogP contribution in [0.15, 0.2) is 18.2 Å². The number of rotatable bonds is 2. The maximum atomic E-state index is 11.5. The summed E-state index contributed by atoms with van der Waals surface area (Å²) in [6.45, 7) is 1.87. The van der Waals surface area contributed by atoms with Crippen molar-refractivity contribution < 1.29 is 4.79 Å². The lowest BCUT2D eigenvalue weighted by Gasteiger charge is -2.07. The van der Waals surface area contributed by atoms with E-state index >= 15 is 0 Å². The van der Waals surface area contributed by atoms with Crippen molar-refractivity contribution in [2.45, 2.75) is 6.92 Å². The second-order valence-corrected chi connectivity index (χ2v) is 5.86. The van der Waals surface area contributed by atoms with Gasteiger partial charge in [0.15, 0.2) is 0 Å². The Balaban J connectivity index is 2.74. The van der Waals surface area contributed by atoms with E-state index in [1.165, 1.54) is 11.3 Å². The molecule has 0 saturated heterocycles. The maximum Gasteiger partial charge on any atom is 0.252 e. The zero-order valence-corrected chi connectivity index (χ0v) is 11.8. The summed E-state index contributed by atoms with van der Waals surface area (Å²) < 4.78 is 0. The first-order valence-corrected chi connectivity index (χ1v) is 6.63. The third-order valence-electron chi connectivity index (χ3n) is 2.56. The first kappa shape index (κ1) is 13.2. The number of aryl methyl sites for hydroxylation is 1. The predicted octanol–water partition coefficient (Wildman–Crippen LogP) is 3.71. The highest BCUT2D eigenvalue weighted by atomic mass is 35.5. The van der Waals surface area contributed by atoms with E-state index in [9.17, 15) is 4.79 Å². The van der Waals surface area contributed by atoms with Crippen molar-refractivity contribution in [3.63, 3.8) is 0 Å². The van der Waals surface area contributed by atoms with Crippen molar-refractivity contribution in [3.05, 3.63) is 38.7 Å². The summed E-state index contributed by atoms with van der Waals surface area (Å²) in [6, 6.07) is 5.09. The van der Waals surface area contributed by atoms with Crippen LogP contribution in [-0.2, 0) is 0 Å². The fraction of sp³-hybridized carbons (Fsp3) is 0.0833. The molecule has 2 aromatic rings. The minimum atomic E-state index is -0.558. The van der Waals surface area contributed by atoms with E-state index in [1.807, 2.05) is 6.92 Å². The number of anilines is 1. The molecule has 0 saturated carbocycles. The summed E-state index contributed by atoms with van der Waals surface area (Å²) in [5, 5.41) is 1.40. The van der Waals surface area contributed by atoms with Crippen LogP contribution < -0.4 is 11.5 Å². The molecule has 3 nitrogen and oxygen atoms in total. The number of benzene rings is 1. The lowest BCUT2D eigenvalue weighted by atomic mass is 10.0. The third-order valence-corrected chi connectivity index (χ3v) is 4.04. The monoisotopic (exact) mass is 300 g/mol. The van der Waals surface area contributed by atoms with E-state index in [2.05, 4.69) is 0 Å². The van der Waals surface area contributed by atoms with Gasteiger partial charge in [-0.1, -0.05) is 29.3 Å². The Morgan fingerprint density at radius 3 is 2.56 bits per heavy atom. The van der Waals surface area contributed by atoms with E-state index in [4.69, 9.17) is 34.7 Å². The van der Waals surface area contributed by atoms with Crippen LogP contribution in [0.2, 0.25) is 10.0 Å². The molecular weight excluding hydrogens is 291 g/mol. The number of thiophene rings is 1. The molecule has 1 heterocycles. The smallest absolute Gasteiger partial charge is 0.252 e. The molecule has 18 heavy (non-hydrogen) atoms. The maximum absolute atomic E-state index is 11.5. The second kappa shape index (κ2) is 4.80. The Hall–Kier alpha value is -1.23. The molecule has 0 fully saturated rings. The normalized spacial score (nSPS) is 10.6. The molecule has 0 bridgehead atoms. The van der Waals surface area contributed by atoms with Crippen LogP contribution in [0.1, 0.15) is 15.2 Å². The molecule has 1 aromatic heterocycles. The Bertz CT molecular complexity index is 637. The Morgan fingerprint density at radius 1 is 1.33 bits per heavy atom. The van der Waals surface area contributed by atoms with Crippen molar-refractivity contribution in [1.82, 2.24) is 0 Å². The second-order valence-electron chi connectivity index (χ2n) is 3.76. The quantitative estimate of drug-likeness (QED) is 0.887. The number of hydrogen-bond donors (Lipinski definition) is 2. The molecule has 94 valence electrons. The zero-order valence-electron chi connectivity index (χ0n) is 9.46. The van der Waals surface area contributed by atoms with Gasteiger partial charge in [-0.05, 0) is 19.1 Å². The highest BCUT2D eigenvalue weighted by Crippen LogP contribution is 2.41. The molecule has 0 atom stereocenters. The molecule has 6 heteroatoms. The standard InChI is InChI=1S/C12H10Cl2N2OS/c1-5-9(10(11(15)17)12(16)18-5)7-3-2-6(13)4-8(7)14/h2-4H,16H2,1H3,(H2,15,17). The van der Waals surface area contributed by atoms with Crippen LogP contribution in [-0.4, -0.2) is 5.91 Å². The lowest BCUT2D eigenvalue weighted by Crippen LogP contribution is -2.13. The highest BCUT2D eigenvalue weighted by Gasteiger charge is 2.21. The molecule has 0 aliphatic carbocycles. The van der Waals surface area contributed by atoms with Crippen molar-refractivity contribution in [1.29, 1.82) is 0 Å². The molecule has 4 N–H and O–H groups in total. The molecule has 0 aliphatic heterocycles. The third kappa shape index (κ3) is 2.19. The van der Waals surface area contributed by atoms with Crippen molar-refractivity contribution in [2.24, 2.45) is 5.73 Å². The number of amides is 1. The summed E-state index contributed by atoms with van der Waals surface area (Å²) >= 11 is 13.3. The number of hydrogen-bond acceptors (Lipinski definition) is 3. The minimum Gasteiger partial charge on any atom is -0.390 e. The van der Waals surface area contributed by atoms with Crippen LogP contribution in [0.3, 0.4) is 0 Å². The average Bonchev–Trinajstić information content (AvgIpc) is 2.53. The predicted molar refractivity (Wildman–Crippen MR) is 77.4 cm³/mol. The Labute approximate surface area is 118 Å². The number of nitrogens with two attached hydrogens (primary N) is 2. The van der Waals surface area contributed by atoms with E-state index in [-0.39, 0.29) is 0 Å². The summed E-state index contributed by atoms with van der Waals surface area (Å²) in [4.78, 5) is 12.4. The zero-order chi connectivity index (χ0) is 13.4. The molecule has 0 unspecified atom stereocenters. The largest absolute Gasteiger partial charge is 0.390 e. The average molecular weight is 301 g/mol. The fourth-order valence-electron chi connectivity index (χ4n) is 1.83. The van der Waals surface area contributed by atoms with Gasteiger partial charge in [0.1, 0.15) is 0 Å². The van der Waals surface area contributed by atoms with Crippen LogP contribution >= 0.6 is 34.5 Å². The summed E-state index contributed by atoms with van der Waals surface area (Å²) in [6.07, 6.45) is 0. The van der Waals surface area contributed by atoms with Crippen LogP contribution in [0.5, 0.6) is 0 Å². The molecule has 1 aromatic carbocycles. The van der Waals surface area contributed by atoms with Gasteiger partial charge in [0.05, 0.1) is 10.6 Å². The first-order valence-electron chi connectivity index (χ1n) is 5.06. The molecule has 2 rings (SSSR count). The van der Waals surface area contributed by atoms with Gasteiger partial charge in [-0.3, -0.25) is 4.79 Å². The lowest BCUT2D eigenvalue weighted by molar-refractivity contribution is 0.100. The van der Waals surface area contributed by atoms with Gasteiger partial charge in [-0.15, -0.1) is 11.3 Å². The molecule has 1 amide bonds. The van der Waals surface area contributed by atoms with Crippen LogP contribution in [0.4, 0.5) is 5.00 Å². The Kier molecular flexibility index (Phi) is 3.52. The molecular formula is C12H10Cl2N2OS. The van der Waals surface area contributed by atoms with Gasteiger partial charge >= 0.3 is 0 Å². The van der Waals surface area contributed by atoms with E-state index in [0.717, 1.165) is 4.88 Å². The van der Waals surface area contributed by atoms with Gasteiger partial charge in [0, 0.05) is 26.0 Å². The first-order chi connectivity index (χ1) is 8.41. The fourth-order valence-corrected chi connectivity index (χ4v) is 3.28. The summed E-state index contributed by atoms with van der Waals surface area (Å²) in [5.74, 6) is -0.558. The number of carbonyl (C=O) groups is 1. The number of nitrogen functional groups attached to an aromatic ring is 1. The van der Waals surface area contributed by atoms with Crippen LogP contribution in [0.25, 0.3) is 11.1 Å². The highest BCUT2D eigenvalue weighted by molar-refractivity contribution is 7.16. The number of halogens is 2. The Morgan fingerprint density at radius 2 is 2.00 bits per heavy atom. The van der Waals surface area contributed by atoms with Gasteiger partial charge in [0.25, 0.3) is 5.91 Å². The number of primary amides is 1. The van der Waals surface area contributed by atoms with Gasteiger partial charge in [-0.25, -0.2) is 0 Å². The summed E-state index contributed by atoms with van der Waals surface area (Å²) in [7, 11) is 0. The van der Waals surface area contributed by atoms with Gasteiger partial charge in [-0.2, -0.15) is 0 Å². The van der Waals surface area contributed by atoms with Crippen molar-refractivity contribution >= 4 is 45.4 Å². The SMILES string of the molecule is Cc1sc(N)c(C(N)=O)c1-c1ccc(Cl)cc1Cl. The van der Waals surface area contributed by atoms with Crippen molar-refractivity contribution in [3.8, 4) is 11.1 Å². The topological polar surface area (TPSA) is 69.1 Å². The van der Waals surface area contributed by atoms with Crippen LogP contribution in [0, 0.1) is 6.92 Å².